The van der Waals surface area contributed by atoms with Gasteiger partial charge in [-0.2, -0.15) is 0 Å². The number of aliphatic imine (C=N–C) groups is 2. The van der Waals surface area contributed by atoms with Crippen LogP contribution in [0.25, 0.3) is 0 Å². The van der Waals surface area contributed by atoms with Crippen molar-refractivity contribution in [2.45, 2.75) is 19.5 Å². The Bertz CT molecular complexity index is 107. The van der Waals surface area contributed by atoms with Gasteiger partial charge in [-0.25, -0.2) is 9.98 Å². The normalized spacial score (nSPS) is 10.6. The van der Waals surface area contributed by atoms with Crippen LogP contribution < -0.4 is 5.73 Å². The second kappa shape index (κ2) is 7.63. The Balaban J connectivity index is 0. The number of rotatable bonds is 2. The lowest BCUT2D eigenvalue weighted by atomic mass is 10.4. The van der Waals surface area contributed by atoms with E-state index >= 15 is 0 Å². The molecule has 4 heteroatoms. The summed E-state index contributed by atoms with van der Waals surface area (Å²) in [6.07, 6.45) is 0.710. The van der Waals surface area contributed by atoms with Gasteiger partial charge in [0, 0.05) is 7.05 Å². The predicted octanol–water partition coefficient (Wildman–Crippen LogP) is 0.907. The van der Waals surface area contributed by atoms with Crippen LogP contribution in [-0.2, 0) is 0 Å². The SMILES string of the molecule is CCC(N)N=C=NC.Cl. The van der Waals surface area contributed by atoms with Crippen molar-refractivity contribution in [1.82, 2.24) is 0 Å². The van der Waals surface area contributed by atoms with Crippen molar-refractivity contribution in [2.24, 2.45) is 15.7 Å². The Morgan fingerprint density at radius 3 is 2.56 bits per heavy atom. The van der Waals surface area contributed by atoms with Gasteiger partial charge in [0.05, 0.1) is 6.01 Å². The largest absolute Gasteiger partial charge is 0.309 e. The fourth-order valence-corrected chi connectivity index (χ4v) is 0.223. The minimum Gasteiger partial charge on any atom is -0.309 e. The van der Waals surface area contributed by atoms with Crippen LogP contribution in [0.3, 0.4) is 0 Å². The molecule has 0 aliphatic rings. The lowest BCUT2D eigenvalue weighted by molar-refractivity contribution is 0.688. The fourth-order valence-electron chi connectivity index (χ4n) is 0.223. The first-order chi connectivity index (χ1) is 3.81. The summed E-state index contributed by atoms with van der Waals surface area (Å²) in [5.74, 6) is 0. The average Bonchev–Trinajstić information content (AvgIpc) is 1.83. The molecule has 0 aromatic carbocycles. The molecular formula is C5H12ClN3. The maximum absolute atomic E-state index is 5.37. The third-order valence-electron chi connectivity index (χ3n) is 0.742. The zero-order valence-electron chi connectivity index (χ0n) is 5.66. The molecule has 0 aliphatic carbocycles. The molecule has 0 saturated carbocycles. The van der Waals surface area contributed by atoms with Gasteiger partial charge in [0.2, 0.25) is 0 Å². The minimum absolute atomic E-state index is 0. The Kier molecular flexibility index (Phi) is 9.69. The van der Waals surface area contributed by atoms with Gasteiger partial charge >= 0.3 is 0 Å². The number of hydrogen-bond donors (Lipinski definition) is 1. The van der Waals surface area contributed by atoms with Gasteiger partial charge in [0.1, 0.15) is 6.17 Å². The topological polar surface area (TPSA) is 50.7 Å². The molecule has 1 atom stereocenters. The predicted molar refractivity (Wildman–Crippen MR) is 41.3 cm³/mol. The van der Waals surface area contributed by atoms with Gasteiger partial charge in [0.25, 0.3) is 0 Å². The van der Waals surface area contributed by atoms with Crippen LogP contribution in [0.2, 0.25) is 0 Å². The molecule has 0 saturated heterocycles. The zero-order valence-corrected chi connectivity index (χ0v) is 6.48. The second-order valence-corrected chi connectivity index (χ2v) is 1.43. The molecule has 0 aromatic rings. The van der Waals surface area contributed by atoms with Crippen molar-refractivity contribution in [3.8, 4) is 0 Å². The molecule has 0 rings (SSSR count). The van der Waals surface area contributed by atoms with E-state index in [2.05, 4.69) is 16.0 Å². The van der Waals surface area contributed by atoms with E-state index in [-0.39, 0.29) is 18.6 Å². The van der Waals surface area contributed by atoms with Gasteiger partial charge in [-0.3, -0.25) is 0 Å². The Morgan fingerprint density at radius 2 is 2.22 bits per heavy atom. The van der Waals surface area contributed by atoms with Gasteiger partial charge < -0.3 is 5.73 Å². The summed E-state index contributed by atoms with van der Waals surface area (Å²) in [4.78, 5) is 7.25. The fraction of sp³-hybridized carbons (Fsp3) is 0.800. The lowest BCUT2D eigenvalue weighted by Gasteiger charge is -1.93. The van der Waals surface area contributed by atoms with Crippen molar-refractivity contribution < 1.29 is 0 Å². The molecule has 0 bridgehead atoms. The monoisotopic (exact) mass is 149 g/mol. The molecule has 0 aromatic heterocycles. The highest BCUT2D eigenvalue weighted by Crippen LogP contribution is 1.82. The molecule has 0 amide bonds. The Morgan fingerprint density at radius 1 is 1.67 bits per heavy atom. The number of nitrogens with zero attached hydrogens (tertiary/aromatic N) is 2. The third kappa shape index (κ3) is 7.63. The zero-order chi connectivity index (χ0) is 6.41. The molecule has 1 unspecified atom stereocenters. The summed E-state index contributed by atoms with van der Waals surface area (Å²) in [6.45, 7) is 1.96. The van der Waals surface area contributed by atoms with E-state index in [9.17, 15) is 0 Å². The number of halogens is 1. The summed E-state index contributed by atoms with van der Waals surface area (Å²) in [5, 5.41) is 0. The summed E-state index contributed by atoms with van der Waals surface area (Å²) in [7, 11) is 1.62. The highest BCUT2D eigenvalue weighted by molar-refractivity contribution is 5.85. The molecule has 0 fully saturated rings. The van der Waals surface area contributed by atoms with Crippen LogP contribution in [0.1, 0.15) is 13.3 Å². The van der Waals surface area contributed by atoms with E-state index in [0.717, 1.165) is 6.42 Å². The van der Waals surface area contributed by atoms with Crippen LogP contribution in [0.5, 0.6) is 0 Å². The maximum Gasteiger partial charge on any atom is 0.108 e. The van der Waals surface area contributed by atoms with Crippen molar-refractivity contribution >= 4 is 18.4 Å². The van der Waals surface area contributed by atoms with Crippen molar-refractivity contribution in [3.05, 3.63) is 0 Å². The standard InChI is InChI=1S/C5H11N3.ClH/c1-3-5(6)8-4-7-2;/h5H,3,6H2,1-2H3;1H. The van der Waals surface area contributed by atoms with Gasteiger partial charge in [-0.1, -0.05) is 6.92 Å². The highest BCUT2D eigenvalue weighted by atomic mass is 35.5. The second-order valence-electron chi connectivity index (χ2n) is 1.43. The van der Waals surface area contributed by atoms with Crippen LogP contribution in [-0.4, -0.2) is 19.2 Å². The third-order valence-corrected chi connectivity index (χ3v) is 0.742. The quantitative estimate of drug-likeness (QED) is 0.583. The Labute approximate surface area is 61.5 Å². The lowest BCUT2D eigenvalue weighted by Crippen LogP contribution is -2.14. The maximum atomic E-state index is 5.37. The van der Waals surface area contributed by atoms with E-state index in [1.54, 1.807) is 7.05 Å². The van der Waals surface area contributed by atoms with Gasteiger partial charge in [0.15, 0.2) is 0 Å². The molecule has 0 heterocycles. The van der Waals surface area contributed by atoms with Crippen molar-refractivity contribution in [2.75, 3.05) is 7.05 Å². The van der Waals surface area contributed by atoms with Gasteiger partial charge in [-0.05, 0) is 6.42 Å². The van der Waals surface area contributed by atoms with Crippen LogP contribution in [0.15, 0.2) is 9.98 Å². The molecule has 0 aliphatic heterocycles. The summed E-state index contributed by atoms with van der Waals surface area (Å²) in [6, 6.07) is 2.42. The van der Waals surface area contributed by atoms with Crippen LogP contribution in [0, 0.1) is 0 Å². The van der Waals surface area contributed by atoms with Crippen LogP contribution >= 0.6 is 12.4 Å². The highest BCUT2D eigenvalue weighted by Gasteiger charge is 1.87. The summed E-state index contributed by atoms with van der Waals surface area (Å²) < 4.78 is 0. The molecular weight excluding hydrogens is 138 g/mol. The summed E-state index contributed by atoms with van der Waals surface area (Å²) in [5.41, 5.74) is 5.37. The molecule has 9 heavy (non-hydrogen) atoms. The molecule has 54 valence electrons. The first-order valence-corrected chi connectivity index (χ1v) is 2.60. The van der Waals surface area contributed by atoms with E-state index in [1.165, 1.54) is 0 Å². The first kappa shape index (κ1) is 11.4. The van der Waals surface area contributed by atoms with Crippen molar-refractivity contribution in [3.63, 3.8) is 0 Å². The minimum atomic E-state index is -0.126. The Hall–Kier alpha value is -0.370. The number of nitrogens with two attached hydrogens (primary N) is 1. The molecule has 2 N–H and O–H groups in total. The molecule has 3 nitrogen and oxygen atoms in total. The van der Waals surface area contributed by atoms with E-state index in [0.29, 0.717) is 0 Å². The van der Waals surface area contributed by atoms with E-state index in [1.807, 2.05) is 6.92 Å². The van der Waals surface area contributed by atoms with Gasteiger partial charge in [-0.15, -0.1) is 12.4 Å². The van der Waals surface area contributed by atoms with Crippen molar-refractivity contribution in [1.29, 1.82) is 0 Å². The molecule has 0 radical (unpaired) electrons. The first-order valence-electron chi connectivity index (χ1n) is 2.60. The summed E-state index contributed by atoms with van der Waals surface area (Å²) >= 11 is 0. The van der Waals surface area contributed by atoms with Crippen LogP contribution in [0.4, 0.5) is 0 Å². The van der Waals surface area contributed by atoms with E-state index in [4.69, 9.17) is 5.73 Å². The smallest absolute Gasteiger partial charge is 0.108 e. The molecule has 0 spiro atoms. The average molecular weight is 150 g/mol. The van der Waals surface area contributed by atoms with E-state index < -0.39 is 0 Å². The number of hydrogen-bond acceptors (Lipinski definition) is 3.